The van der Waals surface area contributed by atoms with Crippen LogP contribution in [0.4, 0.5) is 5.69 Å². The van der Waals surface area contributed by atoms with Gasteiger partial charge in [0.2, 0.25) is 0 Å². The first-order valence-corrected chi connectivity index (χ1v) is 7.64. The van der Waals surface area contributed by atoms with Gasteiger partial charge >= 0.3 is 0 Å². The number of nitrogens with one attached hydrogen (secondary N) is 1. The molecule has 0 fully saturated rings. The normalized spacial score (nSPS) is 10.3. The first kappa shape index (κ1) is 14.8. The smallest absolute Gasteiger partial charge is 0.261 e. The number of sulfonamides is 1. The zero-order valence-corrected chi connectivity index (χ0v) is 12.1. The van der Waals surface area contributed by atoms with Crippen molar-refractivity contribution in [3.05, 3.63) is 59.7 Å². The number of carbonyl (C=O) groups is 1. The fourth-order valence-electron chi connectivity index (χ4n) is 1.67. The second kappa shape index (κ2) is 6.25. The van der Waals surface area contributed by atoms with Crippen LogP contribution in [0.3, 0.4) is 0 Å². The van der Waals surface area contributed by atoms with Gasteiger partial charge in [-0.15, -0.1) is 0 Å². The minimum atomic E-state index is -3.60. The van der Waals surface area contributed by atoms with E-state index in [2.05, 4.69) is 16.6 Å². The number of rotatable bonds is 3. The Bertz CT molecular complexity index is 795. The van der Waals surface area contributed by atoms with Crippen LogP contribution in [0.1, 0.15) is 11.1 Å². The molecule has 0 amide bonds. The highest BCUT2D eigenvalue weighted by atomic mass is 32.2. The second-order valence-electron chi connectivity index (χ2n) is 4.38. The summed E-state index contributed by atoms with van der Waals surface area (Å²) in [6, 6.07) is 13.1. The lowest BCUT2D eigenvalue weighted by Crippen LogP contribution is -2.12. The summed E-state index contributed by atoms with van der Waals surface area (Å²) < 4.78 is 26.9. The predicted octanol–water partition coefficient (Wildman–Crippen LogP) is 2.35. The quantitative estimate of drug-likeness (QED) is 0.699. The molecule has 0 saturated heterocycles. The van der Waals surface area contributed by atoms with Crippen molar-refractivity contribution in [2.45, 2.75) is 11.8 Å². The highest BCUT2D eigenvalue weighted by Crippen LogP contribution is 2.16. The van der Waals surface area contributed by atoms with E-state index >= 15 is 0 Å². The summed E-state index contributed by atoms with van der Waals surface area (Å²) in [6.07, 6.45) is 0.508. The molecular formula is C16H13NO3S. The Labute approximate surface area is 123 Å². The molecule has 0 aromatic heterocycles. The SMILES string of the molecule is Cc1ccc(S(=O)(=O)Nc2ccc(C#CC=O)cc2)cc1. The number of carbonyl (C=O) groups excluding carboxylic acids is 1. The molecule has 2 rings (SSSR count). The van der Waals surface area contributed by atoms with Gasteiger partial charge in [-0.1, -0.05) is 23.6 Å². The van der Waals surface area contributed by atoms with Gasteiger partial charge in [-0.05, 0) is 49.2 Å². The lowest BCUT2D eigenvalue weighted by atomic mass is 10.2. The molecule has 0 unspecified atom stereocenters. The highest BCUT2D eigenvalue weighted by molar-refractivity contribution is 7.92. The van der Waals surface area contributed by atoms with Gasteiger partial charge < -0.3 is 0 Å². The van der Waals surface area contributed by atoms with Crippen molar-refractivity contribution in [2.75, 3.05) is 4.72 Å². The zero-order valence-electron chi connectivity index (χ0n) is 11.3. The van der Waals surface area contributed by atoms with Crippen molar-refractivity contribution in [3.8, 4) is 11.8 Å². The van der Waals surface area contributed by atoms with Gasteiger partial charge in [0.05, 0.1) is 4.90 Å². The molecule has 2 aromatic carbocycles. The van der Waals surface area contributed by atoms with Crippen LogP contribution in [0.2, 0.25) is 0 Å². The molecule has 4 nitrogen and oxygen atoms in total. The Kier molecular flexibility index (Phi) is 4.41. The number of aryl methyl sites for hydroxylation is 1. The van der Waals surface area contributed by atoms with Gasteiger partial charge in [-0.3, -0.25) is 9.52 Å². The molecule has 21 heavy (non-hydrogen) atoms. The van der Waals surface area contributed by atoms with E-state index in [-0.39, 0.29) is 4.90 Å². The van der Waals surface area contributed by atoms with Crippen molar-refractivity contribution < 1.29 is 13.2 Å². The maximum Gasteiger partial charge on any atom is 0.261 e. The summed E-state index contributed by atoms with van der Waals surface area (Å²) in [5.74, 6) is 4.92. The maximum absolute atomic E-state index is 12.2. The fraction of sp³-hybridized carbons (Fsp3) is 0.0625. The van der Waals surface area contributed by atoms with E-state index in [1.165, 1.54) is 0 Å². The minimum Gasteiger partial charge on any atom is -0.289 e. The Morgan fingerprint density at radius 2 is 1.62 bits per heavy atom. The third-order valence-electron chi connectivity index (χ3n) is 2.74. The molecule has 0 heterocycles. The van der Waals surface area contributed by atoms with Crippen molar-refractivity contribution in [2.24, 2.45) is 0 Å². The van der Waals surface area contributed by atoms with Crippen LogP contribution in [-0.2, 0) is 14.8 Å². The summed E-state index contributed by atoms with van der Waals surface area (Å²) in [4.78, 5) is 10.4. The summed E-state index contributed by atoms with van der Waals surface area (Å²) in [5.41, 5.74) is 2.07. The molecule has 0 bridgehead atoms. The Balaban J connectivity index is 2.20. The third-order valence-corrected chi connectivity index (χ3v) is 4.14. The number of benzene rings is 2. The van der Waals surface area contributed by atoms with E-state index < -0.39 is 10.0 Å². The monoisotopic (exact) mass is 299 g/mol. The molecule has 0 aliphatic carbocycles. The molecule has 2 aromatic rings. The van der Waals surface area contributed by atoms with Gasteiger partial charge in [0.1, 0.15) is 0 Å². The van der Waals surface area contributed by atoms with Crippen molar-refractivity contribution in [3.63, 3.8) is 0 Å². The van der Waals surface area contributed by atoms with E-state index in [9.17, 15) is 13.2 Å². The van der Waals surface area contributed by atoms with Crippen molar-refractivity contribution >= 4 is 22.0 Å². The van der Waals surface area contributed by atoms with E-state index in [4.69, 9.17) is 0 Å². The molecule has 0 atom stereocenters. The highest BCUT2D eigenvalue weighted by Gasteiger charge is 2.13. The second-order valence-corrected chi connectivity index (χ2v) is 6.07. The van der Waals surface area contributed by atoms with Crippen LogP contribution in [0.25, 0.3) is 0 Å². The summed E-state index contributed by atoms with van der Waals surface area (Å²) >= 11 is 0. The standard InChI is InChI=1S/C16H13NO3S/c1-13-4-10-16(11-5-13)21(19,20)17-15-8-6-14(7-9-15)3-2-12-18/h4-12,17H,1H3. The van der Waals surface area contributed by atoms with Crippen LogP contribution in [0.15, 0.2) is 53.4 Å². The lowest BCUT2D eigenvalue weighted by molar-refractivity contribution is -0.103. The zero-order chi connectivity index (χ0) is 15.3. The van der Waals surface area contributed by atoms with Crippen LogP contribution >= 0.6 is 0 Å². The molecule has 0 aliphatic heterocycles. The summed E-state index contributed by atoms with van der Waals surface area (Å²) in [7, 11) is -3.60. The summed E-state index contributed by atoms with van der Waals surface area (Å²) in [5, 5.41) is 0. The first-order valence-electron chi connectivity index (χ1n) is 6.16. The maximum atomic E-state index is 12.2. The topological polar surface area (TPSA) is 63.2 Å². The molecular weight excluding hydrogens is 286 g/mol. The number of hydrogen-bond acceptors (Lipinski definition) is 3. The average molecular weight is 299 g/mol. The first-order chi connectivity index (χ1) is 10.0. The van der Waals surface area contributed by atoms with Crippen molar-refractivity contribution in [1.29, 1.82) is 0 Å². The molecule has 5 heteroatoms. The Morgan fingerprint density at radius 3 is 2.19 bits per heavy atom. The number of hydrogen-bond donors (Lipinski definition) is 1. The molecule has 0 radical (unpaired) electrons. The molecule has 1 N–H and O–H groups in total. The van der Waals surface area contributed by atoms with Gasteiger partial charge in [0, 0.05) is 11.3 Å². The van der Waals surface area contributed by atoms with Gasteiger partial charge in [-0.25, -0.2) is 8.42 Å². The van der Waals surface area contributed by atoms with Crippen LogP contribution < -0.4 is 4.72 Å². The Hall–Kier alpha value is -2.58. The van der Waals surface area contributed by atoms with Crippen LogP contribution in [-0.4, -0.2) is 14.7 Å². The fourth-order valence-corrected chi connectivity index (χ4v) is 2.72. The van der Waals surface area contributed by atoms with Crippen molar-refractivity contribution in [1.82, 2.24) is 0 Å². The minimum absolute atomic E-state index is 0.206. The molecule has 106 valence electrons. The number of aldehydes is 1. The van der Waals surface area contributed by atoms with E-state index in [1.807, 2.05) is 6.92 Å². The molecule has 0 spiro atoms. The predicted molar refractivity (Wildman–Crippen MR) is 81.4 cm³/mol. The van der Waals surface area contributed by atoms with Gasteiger partial charge in [0.25, 0.3) is 10.0 Å². The summed E-state index contributed by atoms with van der Waals surface area (Å²) in [6.45, 7) is 1.89. The lowest BCUT2D eigenvalue weighted by Gasteiger charge is -2.08. The molecule has 0 aliphatic rings. The van der Waals surface area contributed by atoms with Crippen LogP contribution in [0.5, 0.6) is 0 Å². The van der Waals surface area contributed by atoms with Crippen LogP contribution in [0, 0.1) is 18.8 Å². The Morgan fingerprint density at radius 1 is 1.00 bits per heavy atom. The number of anilines is 1. The average Bonchev–Trinajstić information content (AvgIpc) is 2.47. The van der Waals surface area contributed by atoms with E-state index in [1.54, 1.807) is 48.5 Å². The van der Waals surface area contributed by atoms with E-state index in [0.717, 1.165) is 5.56 Å². The third kappa shape index (κ3) is 3.94. The van der Waals surface area contributed by atoms with Gasteiger partial charge in [-0.2, -0.15) is 0 Å². The van der Waals surface area contributed by atoms with Gasteiger partial charge in [0.15, 0.2) is 6.29 Å². The van der Waals surface area contributed by atoms with E-state index in [0.29, 0.717) is 17.5 Å². The molecule has 0 saturated carbocycles. The largest absolute Gasteiger partial charge is 0.289 e.